The third-order valence-corrected chi connectivity index (χ3v) is 5.80. The zero-order valence-corrected chi connectivity index (χ0v) is 17.3. The van der Waals surface area contributed by atoms with Crippen LogP contribution in [0.4, 0.5) is 0 Å². The zero-order valence-electron chi connectivity index (χ0n) is 17.3. The number of pyridine rings is 1. The van der Waals surface area contributed by atoms with E-state index in [1.807, 2.05) is 22.9 Å². The van der Waals surface area contributed by atoms with E-state index in [0.717, 1.165) is 62.1 Å². The van der Waals surface area contributed by atoms with Crippen LogP contribution in [0.1, 0.15) is 16.8 Å². The fourth-order valence-electron chi connectivity index (χ4n) is 4.07. The molecule has 0 spiro atoms. The maximum Gasteiger partial charge on any atom is 0.161 e. The zero-order chi connectivity index (χ0) is 20.3. The van der Waals surface area contributed by atoms with E-state index in [9.17, 15) is 0 Å². The van der Waals surface area contributed by atoms with Gasteiger partial charge in [-0.1, -0.05) is 6.07 Å². The number of hydrogen-bond donors (Lipinski definition) is 0. The number of aryl methyl sites for hydroxylation is 1. The Balaban J connectivity index is 1.16. The van der Waals surface area contributed by atoms with Gasteiger partial charge in [-0.15, -0.1) is 0 Å². The number of nitrogens with zero attached hydrogens (tertiary/aromatic N) is 5. The predicted molar refractivity (Wildman–Crippen MR) is 114 cm³/mol. The van der Waals surface area contributed by atoms with Crippen molar-refractivity contribution in [3.8, 4) is 17.2 Å². The summed E-state index contributed by atoms with van der Waals surface area (Å²) in [6.45, 7) is 9.48. The largest absolute Gasteiger partial charge is 0.486 e. The van der Waals surface area contributed by atoms with E-state index in [2.05, 4.69) is 45.1 Å². The van der Waals surface area contributed by atoms with E-state index in [1.54, 1.807) is 12.4 Å². The highest BCUT2D eigenvalue weighted by molar-refractivity contribution is 5.43. The highest BCUT2D eigenvalue weighted by atomic mass is 16.6. The molecule has 2 aliphatic rings. The van der Waals surface area contributed by atoms with E-state index >= 15 is 0 Å². The van der Waals surface area contributed by atoms with E-state index in [-0.39, 0.29) is 0 Å². The Morgan fingerprint density at radius 1 is 0.867 bits per heavy atom. The molecule has 1 aromatic carbocycles. The number of hydrogen-bond acceptors (Lipinski definition) is 6. The van der Waals surface area contributed by atoms with Crippen molar-refractivity contribution in [2.45, 2.75) is 20.0 Å². The van der Waals surface area contributed by atoms with Crippen LogP contribution in [-0.4, -0.2) is 64.0 Å². The Morgan fingerprint density at radius 2 is 1.57 bits per heavy atom. The molecule has 0 radical (unpaired) electrons. The van der Waals surface area contributed by atoms with Gasteiger partial charge in [-0.3, -0.25) is 14.8 Å². The van der Waals surface area contributed by atoms with Gasteiger partial charge >= 0.3 is 0 Å². The maximum atomic E-state index is 5.72. The number of fused-ring (bicyclic) bond motifs is 1. The van der Waals surface area contributed by atoms with Crippen LogP contribution in [0.25, 0.3) is 5.69 Å². The first kappa shape index (κ1) is 19.1. The average molecular weight is 406 g/mol. The van der Waals surface area contributed by atoms with Gasteiger partial charge in [-0.25, -0.2) is 4.68 Å². The Bertz CT molecular complexity index is 996. The molecule has 2 aromatic heterocycles. The van der Waals surface area contributed by atoms with Crippen molar-refractivity contribution >= 4 is 0 Å². The number of aromatic nitrogens is 3. The van der Waals surface area contributed by atoms with Crippen LogP contribution in [0.15, 0.2) is 48.9 Å². The van der Waals surface area contributed by atoms with Crippen molar-refractivity contribution in [3.63, 3.8) is 0 Å². The Hall–Kier alpha value is -2.90. The summed E-state index contributed by atoms with van der Waals surface area (Å²) in [4.78, 5) is 9.11. The monoisotopic (exact) mass is 405 g/mol. The fraction of sp³-hybridized carbons (Fsp3) is 0.391. The lowest BCUT2D eigenvalue weighted by Crippen LogP contribution is -2.45. The molecule has 7 heteroatoms. The van der Waals surface area contributed by atoms with Gasteiger partial charge in [0.25, 0.3) is 0 Å². The van der Waals surface area contributed by atoms with Gasteiger partial charge in [0.15, 0.2) is 11.5 Å². The van der Waals surface area contributed by atoms with Crippen LogP contribution in [-0.2, 0) is 13.1 Å². The minimum atomic E-state index is 0.631. The lowest BCUT2D eigenvalue weighted by Gasteiger charge is -2.34. The molecular formula is C23H27N5O2. The van der Waals surface area contributed by atoms with Gasteiger partial charge in [-0.2, -0.15) is 5.10 Å². The summed E-state index contributed by atoms with van der Waals surface area (Å²) in [5.74, 6) is 1.73. The summed E-state index contributed by atoms with van der Waals surface area (Å²) in [6.07, 6.45) is 5.74. The molecule has 1 fully saturated rings. The second-order valence-electron chi connectivity index (χ2n) is 7.92. The van der Waals surface area contributed by atoms with Gasteiger partial charge in [-0.05, 0) is 36.8 Å². The van der Waals surface area contributed by atoms with Gasteiger partial charge in [0.2, 0.25) is 0 Å². The molecule has 0 saturated carbocycles. The SMILES string of the molecule is Cc1nn(-c2ccncc2)cc1CN1CCN(Cc2ccc3c(c2)OCCO3)CC1. The first-order valence-corrected chi connectivity index (χ1v) is 10.5. The van der Waals surface area contributed by atoms with Crippen molar-refractivity contribution in [2.75, 3.05) is 39.4 Å². The quantitative estimate of drug-likeness (QED) is 0.651. The van der Waals surface area contributed by atoms with Gasteiger partial charge in [0, 0.05) is 63.4 Å². The molecule has 0 aliphatic carbocycles. The van der Waals surface area contributed by atoms with Crippen LogP contribution in [0.5, 0.6) is 11.5 Å². The lowest BCUT2D eigenvalue weighted by atomic mass is 10.1. The van der Waals surface area contributed by atoms with Crippen molar-refractivity contribution in [3.05, 3.63) is 65.7 Å². The molecule has 0 bridgehead atoms. The van der Waals surface area contributed by atoms with Crippen LogP contribution >= 0.6 is 0 Å². The van der Waals surface area contributed by atoms with Gasteiger partial charge < -0.3 is 9.47 Å². The van der Waals surface area contributed by atoms with E-state index < -0.39 is 0 Å². The second kappa shape index (κ2) is 8.45. The van der Waals surface area contributed by atoms with E-state index in [1.165, 1.54) is 11.1 Å². The molecular weight excluding hydrogens is 378 g/mol. The van der Waals surface area contributed by atoms with Crippen LogP contribution < -0.4 is 9.47 Å². The molecule has 0 N–H and O–H groups in total. The van der Waals surface area contributed by atoms with E-state index in [4.69, 9.17) is 9.47 Å². The number of piperazine rings is 1. The number of rotatable bonds is 5. The average Bonchev–Trinajstić information content (AvgIpc) is 3.16. The molecule has 7 nitrogen and oxygen atoms in total. The Morgan fingerprint density at radius 3 is 2.33 bits per heavy atom. The molecule has 5 rings (SSSR count). The molecule has 0 atom stereocenters. The summed E-state index contributed by atoms with van der Waals surface area (Å²) in [7, 11) is 0. The molecule has 0 unspecified atom stereocenters. The summed E-state index contributed by atoms with van der Waals surface area (Å²) in [5.41, 5.74) is 4.70. The highest BCUT2D eigenvalue weighted by Gasteiger charge is 2.20. The van der Waals surface area contributed by atoms with E-state index in [0.29, 0.717) is 13.2 Å². The third-order valence-electron chi connectivity index (χ3n) is 5.80. The first-order valence-electron chi connectivity index (χ1n) is 10.5. The molecule has 0 amide bonds. The van der Waals surface area contributed by atoms with Crippen molar-refractivity contribution in [1.82, 2.24) is 24.6 Å². The van der Waals surface area contributed by atoms with Crippen LogP contribution in [0, 0.1) is 6.92 Å². The fourth-order valence-corrected chi connectivity index (χ4v) is 4.07. The predicted octanol–water partition coefficient (Wildman–Crippen LogP) is 2.66. The minimum absolute atomic E-state index is 0.631. The van der Waals surface area contributed by atoms with Gasteiger partial charge in [0.1, 0.15) is 13.2 Å². The molecule has 2 aliphatic heterocycles. The maximum absolute atomic E-state index is 5.72. The topological polar surface area (TPSA) is 55.7 Å². The smallest absolute Gasteiger partial charge is 0.161 e. The van der Waals surface area contributed by atoms with Crippen LogP contribution in [0.2, 0.25) is 0 Å². The highest BCUT2D eigenvalue weighted by Crippen LogP contribution is 2.31. The van der Waals surface area contributed by atoms with Crippen LogP contribution in [0.3, 0.4) is 0 Å². The minimum Gasteiger partial charge on any atom is -0.486 e. The number of benzene rings is 1. The summed E-state index contributed by atoms with van der Waals surface area (Å²) >= 11 is 0. The van der Waals surface area contributed by atoms with Crippen molar-refractivity contribution < 1.29 is 9.47 Å². The summed E-state index contributed by atoms with van der Waals surface area (Å²) in [5, 5.41) is 4.68. The molecule has 156 valence electrons. The van der Waals surface area contributed by atoms with Crippen molar-refractivity contribution in [2.24, 2.45) is 0 Å². The Labute approximate surface area is 176 Å². The third kappa shape index (κ3) is 4.17. The molecule has 3 aromatic rings. The number of ether oxygens (including phenoxy) is 2. The standard InChI is InChI=1S/C23H27N5O2/c1-18-20(17-28(25-18)21-4-6-24-7-5-21)16-27-10-8-26(9-11-27)15-19-2-3-22-23(14-19)30-13-12-29-22/h2-7,14,17H,8-13,15-16H2,1H3. The van der Waals surface area contributed by atoms with Gasteiger partial charge in [0.05, 0.1) is 11.4 Å². The lowest BCUT2D eigenvalue weighted by molar-refractivity contribution is 0.121. The summed E-state index contributed by atoms with van der Waals surface area (Å²) in [6, 6.07) is 10.3. The normalized spacial score (nSPS) is 17.2. The molecule has 30 heavy (non-hydrogen) atoms. The first-order chi connectivity index (χ1) is 14.7. The molecule has 4 heterocycles. The van der Waals surface area contributed by atoms with Crippen molar-refractivity contribution in [1.29, 1.82) is 0 Å². The second-order valence-corrected chi connectivity index (χ2v) is 7.92. The summed E-state index contributed by atoms with van der Waals surface area (Å²) < 4.78 is 13.3. The Kier molecular flexibility index (Phi) is 5.38. The molecule has 1 saturated heterocycles.